The molecule has 0 aromatic carbocycles. The van der Waals surface area contributed by atoms with Crippen LogP contribution >= 0.6 is 0 Å². The van der Waals surface area contributed by atoms with Crippen molar-refractivity contribution in [3.63, 3.8) is 0 Å². The Labute approximate surface area is 82.0 Å². The molecule has 82 valence electrons. The van der Waals surface area contributed by atoms with Crippen LogP contribution in [0.15, 0.2) is 0 Å². The van der Waals surface area contributed by atoms with Crippen molar-refractivity contribution < 1.29 is 25.3 Å². The van der Waals surface area contributed by atoms with Gasteiger partial charge >= 0.3 is 11.9 Å². The highest BCUT2D eigenvalue weighted by Crippen LogP contribution is 2.44. The lowest BCUT2D eigenvalue weighted by atomic mass is 10.1. The first-order valence-corrected chi connectivity index (χ1v) is 4.53. The molecule has 0 heterocycles. The van der Waals surface area contributed by atoms with Crippen LogP contribution in [-0.2, 0) is 9.59 Å². The molecule has 0 radical (unpaired) electrons. The second-order valence-electron chi connectivity index (χ2n) is 3.64. The molecule has 5 heteroatoms. The molecule has 1 rings (SSSR count). The molecular weight excluding hydrogens is 188 g/mol. The molecule has 14 heavy (non-hydrogen) atoms. The second kappa shape index (κ2) is 5.59. The third-order valence-electron chi connectivity index (χ3n) is 2.47. The SMILES string of the molecule is O.O=C(O)CCCC1CC1CC(=O)O. The molecule has 4 N–H and O–H groups in total. The second-order valence-corrected chi connectivity index (χ2v) is 3.64. The zero-order chi connectivity index (χ0) is 9.84. The Morgan fingerprint density at radius 3 is 2.29 bits per heavy atom. The van der Waals surface area contributed by atoms with E-state index in [1.807, 2.05) is 0 Å². The maximum absolute atomic E-state index is 10.3. The van der Waals surface area contributed by atoms with Crippen LogP contribution in [0, 0.1) is 11.8 Å². The maximum Gasteiger partial charge on any atom is 0.303 e. The summed E-state index contributed by atoms with van der Waals surface area (Å²) in [5.41, 5.74) is 0. The number of carboxylic acid groups (broad SMARTS) is 2. The number of hydrogen-bond donors (Lipinski definition) is 2. The van der Waals surface area contributed by atoms with Gasteiger partial charge in [-0.2, -0.15) is 0 Å². The fourth-order valence-corrected chi connectivity index (χ4v) is 1.65. The van der Waals surface area contributed by atoms with Crippen molar-refractivity contribution in [3.05, 3.63) is 0 Å². The lowest BCUT2D eigenvalue weighted by Crippen LogP contribution is -1.98. The number of rotatable bonds is 6. The van der Waals surface area contributed by atoms with Gasteiger partial charge < -0.3 is 15.7 Å². The average molecular weight is 204 g/mol. The monoisotopic (exact) mass is 204 g/mol. The van der Waals surface area contributed by atoms with Crippen molar-refractivity contribution in [2.75, 3.05) is 0 Å². The summed E-state index contributed by atoms with van der Waals surface area (Å²) in [5.74, 6) is -0.733. The van der Waals surface area contributed by atoms with Gasteiger partial charge in [0.15, 0.2) is 0 Å². The molecule has 1 aliphatic rings. The summed E-state index contributed by atoms with van der Waals surface area (Å²) >= 11 is 0. The molecule has 5 nitrogen and oxygen atoms in total. The molecule has 0 bridgehead atoms. The number of hydrogen-bond acceptors (Lipinski definition) is 2. The van der Waals surface area contributed by atoms with Gasteiger partial charge in [-0.1, -0.05) is 0 Å². The molecule has 0 saturated heterocycles. The standard InChI is InChI=1S/C9H14O4.H2O/c10-8(11)3-1-2-6-4-7(6)5-9(12)13;/h6-7H,1-5H2,(H,10,11)(H,12,13);1H2. The molecule has 1 fully saturated rings. The highest BCUT2D eigenvalue weighted by molar-refractivity contribution is 5.67. The van der Waals surface area contributed by atoms with Crippen LogP contribution in [0.25, 0.3) is 0 Å². The van der Waals surface area contributed by atoms with Gasteiger partial charge in [-0.15, -0.1) is 0 Å². The van der Waals surface area contributed by atoms with E-state index in [9.17, 15) is 9.59 Å². The number of carboxylic acids is 2. The first-order valence-electron chi connectivity index (χ1n) is 4.53. The van der Waals surface area contributed by atoms with Crippen molar-refractivity contribution >= 4 is 11.9 Å². The quantitative estimate of drug-likeness (QED) is 0.657. The topological polar surface area (TPSA) is 106 Å². The van der Waals surface area contributed by atoms with E-state index in [1.165, 1.54) is 0 Å². The molecule has 0 aliphatic heterocycles. The van der Waals surface area contributed by atoms with Gasteiger partial charge in [0, 0.05) is 12.8 Å². The normalized spacial score (nSPS) is 23.7. The van der Waals surface area contributed by atoms with Gasteiger partial charge in [-0.25, -0.2) is 0 Å². The lowest BCUT2D eigenvalue weighted by molar-refractivity contribution is -0.138. The minimum Gasteiger partial charge on any atom is -0.481 e. The molecule has 0 amide bonds. The van der Waals surface area contributed by atoms with E-state index >= 15 is 0 Å². The Balaban J connectivity index is 0.00000169. The Hall–Kier alpha value is -1.10. The minimum atomic E-state index is -0.768. The van der Waals surface area contributed by atoms with E-state index in [1.54, 1.807) is 0 Å². The summed E-state index contributed by atoms with van der Waals surface area (Å²) in [7, 11) is 0. The van der Waals surface area contributed by atoms with Crippen LogP contribution in [0.4, 0.5) is 0 Å². The van der Waals surface area contributed by atoms with Crippen LogP contribution in [0.1, 0.15) is 32.1 Å². The van der Waals surface area contributed by atoms with E-state index < -0.39 is 11.9 Å². The summed E-state index contributed by atoms with van der Waals surface area (Å²) < 4.78 is 0. The van der Waals surface area contributed by atoms with Gasteiger partial charge in [-0.05, 0) is 31.1 Å². The fourth-order valence-electron chi connectivity index (χ4n) is 1.65. The first kappa shape index (κ1) is 12.9. The Morgan fingerprint density at radius 2 is 1.79 bits per heavy atom. The maximum atomic E-state index is 10.3. The van der Waals surface area contributed by atoms with Crippen molar-refractivity contribution in [3.8, 4) is 0 Å². The van der Waals surface area contributed by atoms with Gasteiger partial charge in [0.1, 0.15) is 0 Å². The minimum absolute atomic E-state index is 0. The predicted octanol–water partition coefficient (Wildman–Crippen LogP) is 0.527. The predicted molar refractivity (Wildman–Crippen MR) is 49.0 cm³/mol. The summed E-state index contributed by atoms with van der Waals surface area (Å²) in [5, 5.41) is 16.8. The van der Waals surface area contributed by atoms with E-state index in [0.29, 0.717) is 18.3 Å². The first-order chi connectivity index (χ1) is 6.09. The van der Waals surface area contributed by atoms with Gasteiger partial charge in [-0.3, -0.25) is 9.59 Å². The molecule has 2 atom stereocenters. The summed E-state index contributed by atoms with van der Waals surface area (Å²) in [6.45, 7) is 0. The van der Waals surface area contributed by atoms with Crippen molar-refractivity contribution in [2.45, 2.75) is 32.1 Å². The Bertz CT molecular complexity index is 213. The molecule has 1 aliphatic carbocycles. The van der Waals surface area contributed by atoms with Crippen molar-refractivity contribution in [1.82, 2.24) is 0 Å². The van der Waals surface area contributed by atoms with Gasteiger partial charge in [0.2, 0.25) is 0 Å². The highest BCUT2D eigenvalue weighted by atomic mass is 16.4. The van der Waals surface area contributed by atoms with Gasteiger partial charge in [0.25, 0.3) is 0 Å². The zero-order valence-corrected chi connectivity index (χ0v) is 7.90. The fraction of sp³-hybridized carbons (Fsp3) is 0.778. The van der Waals surface area contributed by atoms with E-state index in [4.69, 9.17) is 10.2 Å². The summed E-state index contributed by atoms with van der Waals surface area (Å²) in [6.07, 6.45) is 2.96. The molecule has 0 spiro atoms. The number of aliphatic carboxylic acids is 2. The van der Waals surface area contributed by atoms with E-state index in [2.05, 4.69) is 0 Å². The number of carbonyl (C=O) groups is 2. The molecular formula is C9H16O5. The molecule has 2 unspecified atom stereocenters. The summed E-state index contributed by atoms with van der Waals surface area (Å²) in [4.78, 5) is 20.4. The summed E-state index contributed by atoms with van der Waals surface area (Å²) in [6, 6.07) is 0. The smallest absolute Gasteiger partial charge is 0.303 e. The van der Waals surface area contributed by atoms with Crippen LogP contribution < -0.4 is 0 Å². The third kappa shape index (κ3) is 4.81. The van der Waals surface area contributed by atoms with Crippen molar-refractivity contribution in [1.29, 1.82) is 0 Å². The molecule has 1 saturated carbocycles. The highest BCUT2D eigenvalue weighted by Gasteiger charge is 2.37. The van der Waals surface area contributed by atoms with Crippen LogP contribution in [0.5, 0.6) is 0 Å². The Kier molecular flexibility index (Phi) is 5.15. The molecule has 0 aromatic rings. The Morgan fingerprint density at radius 1 is 1.14 bits per heavy atom. The van der Waals surface area contributed by atoms with Crippen LogP contribution in [0.2, 0.25) is 0 Å². The van der Waals surface area contributed by atoms with Crippen LogP contribution in [0.3, 0.4) is 0 Å². The lowest BCUT2D eigenvalue weighted by Gasteiger charge is -1.95. The van der Waals surface area contributed by atoms with E-state index in [0.717, 1.165) is 12.8 Å². The largest absolute Gasteiger partial charge is 0.481 e. The van der Waals surface area contributed by atoms with Crippen molar-refractivity contribution in [2.24, 2.45) is 11.8 Å². The van der Waals surface area contributed by atoms with Gasteiger partial charge in [0.05, 0.1) is 0 Å². The third-order valence-corrected chi connectivity index (χ3v) is 2.47. The zero-order valence-electron chi connectivity index (χ0n) is 7.90. The average Bonchev–Trinajstić information content (AvgIpc) is 2.65. The van der Waals surface area contributed by atoms with E-state index in [-0.39, 0.29) is 18.3 Å². The van der Waals surface area contributed by atoms with Crippen LogP contribution in [-0.4, -0.2) is 27.6 Å². The molecule has 0 aromatic heterocycles.